The van der Waals surface area contributed by atoms with E-state index in [0.29, 0.717) is 0 Å². The van der Waals surface area contributed by atoms with E-state index in [4.69, 9.17) is 9.97 Å². The van der Waals surface area contributed by atoms with Gasteiger partial charge < -0.3 is 0 Å². The highest BCUT2D eigenvalue weighted by molar-refractivity contribution is 6.09. The van der Waals surface area contributed by atoms with Gasteiger partial charge in [0.1, 0.15) is 0 Å². The summed E-state index contributed by atoms with van der Waals surface area (Å²) in [6, 6.07) is 31.4. The summed E-state index contributed by atoms with van der Waals surface area (Å²) in [5, 5.41) is 5.15. The van der Waals surface area contributed by atoms with Crippen LogP contribution in [0.5, 0.6) is 0 Å². The quantitative estimate of drug-likeness (QED) is 0.187. The molecule has 40 heavy (non-hydrogen) atoms. The Balaban J connectivity index is 1.59. The first-order chi connectivity index (χ1) is 19.1. The molecule has 2 nitrogen and oxygen atoms in total. The Labute approximate surface area is 236 Å². The summed E-state index contributed by atoms with van der Waals surface area (Å²) < 4.78 is 0. The van der Waals surface area contributed by atoms with Gasteiger partial charge in [-0.2, -0.15) is 0 Å². The van der Waals surface area contributed by atoms with Crippen molar-refractivity contribution in [3.8, 4) is 0 Å². The minimum absolute atomic E-state index is 0.109. The minimum atomic E-state index is -0.109. The van der Waals surface area contributed by atoms with Crippen LogP contribution in [0.4, 0.5) is 0 Å². The molecule has 3 aliphatic rings. The van der Waals surface area contributed by atoms with E-state index < -0.39 is 0 Å². The third-order valence-corrected chi connectivity index (χ3v) is 9.13. The maximum absolute atomic E-state index is 5.70. The van der Waals surface area contributed by atoms with Crippen molar-refractivity contribution >= 4 is 32.6 Å². The molecular formula is C38H34N2. The second-order valence-corrected chi connectivity index (χ2v) is 13.8. The number of nitrogens with zero attached hydrogens (tertiary/aromatic N) is 2. The predicted molar refractivity (Wildman–Crippen MR) is 167 cm³/mol. The van der Waals surface area contributed by atoms with E-state index in [9.17, 15) is 0 Å². The van der Waals surface area contributed by atoms with Crippen molar-refractivity contribution in [2.45, 2.75) is 64.2 Å². The van der Waals surface area contributed by atoms with Crippen LogP contribution in [0.3, 0.4) is 0 Å². The van der Waals surface area contributed by atoms with Crippen molar-refractivity contribution in [1.82, 2.24) is 9.97 Å². The number of hydrogen-bond donors (Lipinski definition) is 0. The Bertz CT molecular complexity index is 1840. The fourth-order valence-electron chi connectivity index (χ4n) is 7.66. The molecule has 2 heteroatoms. The molecule has 0 spiro atoms. The average molecular weight is 519 g/mol. The summed E-state index contributed by atoms with van der Waals surface area (Å²) in [6.45, 7) is 13.9. The van der Waals surface area contributed by atoms with Crippen molar-refractivity contribution < 1.29 is 0 Å². The van der Waals surface area contributed by atoms with Crippen LogP contribution in [-0.4, -0.2) is 9.97 Å². The van der Waals surface area contributed by atoms with Gasteiger partial charge in [0.25, 0.3) is 0 Å². The van der Waals surface area contributed by atoms with Gasteiger partial charge in [-0.15, -0.1) is 0 Å². The molecule has 9 rings (SSSR count). The minimum Gasteiger partial charge on any atom is -0.248 e. The Morgan fingerprint density at radius 1 is 0.475 bits per heavy atom. The van der Waals surface area contributed by atoms with E-state index in [1.165, 1.54) is 54.9 Å². The largest absolute Gasteiger partial charge is 0.248 e. The van der Waals surface area contributed by atoms with Crippen LogP contribution in [0.1, 0.15) is 98.1 Å². The van der Waals surface area contributed by atoms with Crippen molar-refractivity contribution in [1.29, 1.82) is 0 Å². The summed E-state index contributed by atoms with van der Waals surface area (Å²) in [7, 11) is 0. The molecule has 0 fully saturated rings. The molecule has 0 saturated carbocycles. The number of hydrogen-bond acceptors (Lipinski definition) is 2. The molecule has 0 N–H and O–H groups in total. The van der Waals surface area contributed by atoms with Gasteiger partial charge in [0, 0.05) is 0 Å². The molecule has 0 saturated heterocycles. The number of aromatic nitrogens is 2. The zero-order chi connectivity index (χ0) is 27.6. The van der Waals surface area contributed by atoms with E-state index in [2.05, 4.69) is 126 Å². The highest BCUT2D eigenvalue weighted by Crippen LogP contribution is 2.55. The molecule has 6 aromatic rings. The monoisotopic (exact) mass is 518 g/mol. The van der Waals surface area contributed by atoms with Crippen molar-refractivity contribution in [2.75, 3.05) is 0 Å². The van der Waals surface area contributed by atoms with Crippen LogP contribution in [-0.2, 0) is 10.8 Å². The lowest BCUT2D eigenvalue weighted by Crippen LogP contribution is -2.30. The first-order valence-corrected chi connectivity index (χ1v) is 14.5. The molecule has 1 heterocycles. The summed E-state index contributed by atoms with van der Waals surface area (Å²) >= 11 is 0. The van der Waals surface area contributed by atoms with E-state index in [-0.39, 0.29) is 22.7 Å². The summed E-state index contributed by atoms with van der Waals surface area (Å²) in [5.74, 6) is 0.227. The topological polar surface area (TPSA) is 25.8 Å². The lowest BCUT2D eigenvalue weighted by molar-refractivity contribution is 0.589. The van der Waals surface area contributed by atoms with Crippen LogP contribution in [0.2, 0.25) is 0 Å². The van der Waals surface area contributed by atoms with Gasteiger partial charge >= 0.3 is 0 Å². The lowest BCUT2D eigenvalue weighted by atomic mass is 9.64. The molecule has 3 aliphatic carbocycles. The summed E-state index contributed by atoms with van der Waals surface area (Å²) in [4.78, 5) is 11.4. The second-order valence-electron chi connectivity index (χ2n) is 13.8. The molecular weight excluding hydrogens is 484 g/mol. The standard InChI is InChI=1S/C38H34N2/c1-37(2,3)31-27-19-21-13-7-8-14-22(21)20-28(27)32(38(4,5)6)36-35(31)39-33-29-23-15-9-11-17-25(23)30(34(33)40-36)26-18-12-10-16-24(26)29/h7-20,29-30H,1-6H3. The van der Waals surface area contributed by atoms with E-state index in [0.717, 1.165) is 22.4 Å². The van der Waals surface area contributed by atoms with Crippen molar-refractivity contribution in [3.63, 3.8) is 0 Å². The van der Waals surface area contributed by atoms with Gasteiger partial charge in [-0.25, -0.2) is 9.97 Å². The summed E-state index contributed by atoms with van der Waals surface area (Å²) in [5.41, 5.74) is 12.3. The highest BCUT2D eigenvalue weighted by atomic mass is 14.9. The third kappa shape index (κ3) is 3.11. The molecule has 0 unspecified atom stereocenters. The van der Waals surface area contributed by atoms with Gasteiger partial charge in [0.05, 0.1) is 34.3 Å². The Morgan fingerprint density at radius 2 is 0.800 bits per heavy atom. The number of benzene rings is 5. The van der Waals surface area contributed by atoms with Crippen LogP contribution in [0.25, 0.3) is 32.6 Å². The first-order valence-electron chi connectivity index (χ1n) is 14.5. The molecule has 0 radical (unpaired) electrons. The van der Waals surface area contributed by atoms with Crippen molar-refractivity contribution in [3.05, 3.63) is 130 Å². The third-order valence-electron chi connectivity index (χ3n) is 9.13. The Morgan fingerprint density at radius 3 is 1.12 bits per heavy atom. The normalized spacial score (nSPS) is 17.8. The highest BCUT2D eigenvalue weighted by Gasteiger charge is 2.44. The van der Waals surface area contributed by atoms with Gasteiger partial charge in [0.2, 0.25) is 0 Å². The second kappa shape index (κ2) is 7.79. The molecule has 2 bridgehead atoms. The number of rotatable bonds is 0. The zero-order valence-corrected chi connectivity index (χ0v) is 24.1. The maximum atomic E-state index is 5.70. The van der Waals surface area contributed by atoms with Crippen LogP contribution in [0, 0.1) is 0 Å². The fourth-order valence-corrected chi connectivity index (χ4v) is 7.66. The fraction of sp³-hybridized carbons (Fsp3) is 0.263. The molecule has 0 amide bonds. The van der Waals surface area contributed by atoms with E-state index >= 15 is 0 Å². The molecule has 0 aliphatic heterocycles. The Kier molecular flexibility index (Phi) is 4.64. The van der Waals surface area contributed by atoms with Crippen LogP contribution in [0.15, 0.2) is 84.9 Å². The maximum Gasteiger partial charge on any atom is 0.0937 e. The average Bonchev–Trinajstić information content (AvgIpc) is 2.92. The van der Waals surface area contributed by atoms with Gasteiger partial charge in [-0.3, -0.25) is 0 Å². The predicted octanol–water partition coefficient (Wildman–Crippen LogP) is 9.52. The van der Waals surface area contributed by atoms with E-state index in [1.54, 1.807) is 0 Å². The van der Waals surface area contributed by atoms with Crippen LogP contribution >= 0.6 is 0 Å². The zero-order valence-electron chi connectivity index (χ0n) is 24.1. The van der Waals surface area contributed by atoms with Crippen LogP contribution < -0.4 is 0 Å². The molecule has 196 valence electrons. The van der Waals surface area contributed by atoms with Crippen molar-refractivity contribution in [2.24, 2.45) is 0 Å². The first kappa shape index (κ1) is 23.8. The molecule has 1 aromatic heterocycles. The summed E-state index contributed by atoms with van der Waals surface area (Å²) in [6.07, 6.45) is 0. The lowest BCUT2D eigenvalue weighted by Gasteiger charge is -2.41. The SMILES string of the molecule is CC(C)(C)c1c2cc3ccccc3cc2c(C(C)(C)C)c2nc3c(nc12)C1c2ccccc2C3c2ccccc21. The van der Waals surface area contributed by atoms with Gasteiger partial charge in [-0.1, -0.05) is 114 Å². The van der Waals surface area contributed by atoms with E-state index in [1.807, 2.05) is 0 Å². The van der Waals surface area contributed by atoms with Gasteiger partial charge in [0.15, 0.2) is 0 Å². The molecule has 0 atom stereocenters. The van der Waals surface area contributed by atoms with Gasteiger partial charge in [-0.05, 0) is 77.9 Å². The molecule has 5 aromatic carbocycles. The smallest absolute Gasteiger partial charge is 0.0937 e. The Hall–Kier alpha value is -4.04. The number of fused-ring (bicyclic) bond motifs is 3.